The third kappa shape index (κ3) is 4.72. The first-order valence-corrected chi connectivity index (χ1v) is 10.0. The lowest BCUT2D eigenvalue weighted by atomic mass is 10.2. The minimum absolute atomic E-state index is 0.0565. The van der Waals surface area contributed by atoms with Crippen molar-refractivity contribution in [3.05, 3.63) is 66.0 Å². The predicted octanol–water partition coefficient (Wildman–Crippen LogP) is 3.39. The van der Waals surface area contributed by atoms with Gasteiger partial charge in [0.2, 0.25) is 5.91 Å². The fourth-order valence-electron chi connectivity index (χ4n) is 2.82. The molecule has 3 aromatic rings. The van der Waals surface area contributed by atoms with Gasteiger partial charge in [0.1, 0.15) is 6.33 Å². The normalized spacial score (nSPS) is 10.7. The number of thioether (sulfide) groups is 1. The minimum Gasteiger partial charge on any atom is -0.378 e. The Morgan fingerprint density at radius 1 is 1.07 bits per heavy atom. The van der Waals surface area contributed by atoms with Crippen LogP contribution in [0.1, 0.15) is 11.1 Å². The number of benzene rings is 2. The van der Waals surface area contributed by atoms with Crippen LogP contribution in [0, 0.1) is 6.92 Å². The molecule has 6 nitrogen and oxygen atoms in total. The van der Waals surface area contributed by atoms with Crippen LogP contribution in [-0.2, 0) is 11.3 Å². The summed E-state index contributed by atoms with van der Waals surface area (Å²) in [7, 11) is 5.85. The molecule has 0 saturated carbocycles. The molecule has 3 rings (SSSR count). The second kappa shape index (κ2) is 8.93. The Labute approximate surface area is 170 Å². The summed E-state index contributed by atoms with van der Waals surface area (Å²) in [6.07, 6.45) is 1.69. The summed E-state index contributed by atoms with van der Waals surface area (Å²) in [6.45, 7) is 2.63. The van der Waals surface area contributed by atoms with Crippen LogP contribution in [0.5, 0.6) is 0 Å². The number of rotatable bonds is 7. The van der Waals surface area contributed by atoms with Gasteiger partial charge in [-0.2, -0.15) is 0 Å². The van der Waals surface area contributed by atoms with E-state index < -0.39 is 0 Å². The predicted molar refractivity (Wildman–Crippen MR) is 114 cm³/mol. The number of aromatic nitrogens is 3. The van der Waals surface area contributed by atoms with Crippen molar-refractivity contribution in [3.63, 3.8) is 0 Å². The largest absolute Gasteiger partial charge is 0.378 e. The van der Waals surface area contributed by atoms with Gasteiger partial charge in [-0.1, -0.05) is 42.1 Å². The highest BCUT2D eigenvalue weighted by Crippen LogP contribution is 2.22. The Kier molecular flexibility index (Phi) is 6.36. The Balaban J connectivity index is 1.60. The summed E-state index contributed by atoms with van der Waals surface area (Å²) < 4.78 is 1.92. The molecule has 0 fully saturated rings. The van der Waals surface area contributed by atoms with Crippen molar-refractivity contribution in [1.82, 2.24) is 19.7 Å². The molecule has 0 bridgehead atoms. The zero-order valence-corrected chi connectivity index (χ0v) is 17.5. The molecule has 0 aliphatic heterocycles. The molecule has 1 amide bonds. The van der Waals surface area contributed by atoms with Crippen LogP contribution in [0.3, 0.4) is 0 Å². The zero-order chi connectivity index (χ0) is 20.1. The van der Waals surface area contributed by atoms with Crippen molar-refractivity contribution in [2.75, 3.05) is 31.8 Å². The Morgan fingerprint density at radius 2 is 1.79 bits per heavy atom. The van der Waals surface area contributed by atoms with Gasteiger partial charge in [0.15, 0.2) is 5.16 Å². The van der Waals surface area contributed by atoms with Crippen LogP contribution in [-0.4, -0.2) is 52.5 Å². The third-order valence-electron chi connectivity index (χ3n) is 4.51. The molecule has 28 heavy (non-hydrogen) atoms. The maximum Gasteiger partial charge on any atom is 0.233 e. The average molecular weight is 396 g/mol. The average Bonchev–Trinajstić information content (AvgIpc) is 3.15. The quantitative estimate of drug-likeness (QED) is 0.574. The lowest BCUT2D eigenvalue weighted by Crippen LogP contribution is -2.27. The van der Waals surface area contributed by atoms with E-state index in [4.69, 9.17) is 0 Å². The standard InChI is InChI=1S/C21H25N5OS/c1-16-7-5-6-8-19(16)26-15-22-23-21(26)28-14-20(27)25(4)13-17-9-11-18(12-10-17)24(2)3/h5-12,15H,13-14H2,1-4H3. The fourth-order valence-corrected chi connectivity index (χ4v) is 3.68. The second-order valence-electron chi connectivity index (χ2n) is 6.87. The lowest BCUT2D eigenvalue weighted by Gasteiger charge is -2.18. The van der Waals surface area contributed by atoms with E-state index in [1.165, 1.54) is 11.8 Å². The molecule has 0 aliphatic rings. The number of hydrogen-bond acceptors (Lipinski definition) is 5. The summed E-state index contributed by atoms with van der Waals surface area (Å²) in [6, 6.07) is 16.3. The smallest absolute Gasteiger partial charge is 0.233 e. The van der Waals surface area contributed by atoms with Crippen LogP contribution in [0.2, 0.25) is 0 Å². The van der Waals surface area contributed by atoms with E-state index in [-0.39, 0.29) is 5.91 Å². The molecule has 1 aromatic heterocycles. The zero-order valence-electron chi connectivity index (χ0n) is 16.7. The van der Waals surface area contributed by atoms with Gasteiger partial charge in [-0.05, 0) is 36.2 Å². The molecule has 0 radical (unpaired) electrons. The number of carbonyl (C=O) groups excluding carboxylic acids is 1. The molecule has 0 aliphatic carbocycles. The summed E-state index contributed by atoms with van der Waals surface area (Å²) in [4.78, 5) is 16.4. The number of amides is 1. The molecule has 7 heteroatoms. The fraction of sp³-hybridized carbons (Fsp3) is 0.286. The summed E-state index contributed by atoms with van der Waals surface area (Å²) >= 11 is 1.40. The van der Waals surface area contributed by atoms with Crippen LogP contribution in [0.15, 0.2) is 60.0 Å². The second-order valence-corrected chi connectivity index (χ2v) is 7.81. The van der Waals surface area contributed by atoms with Gasteiger partial charge < -0.3 is 9.80 Å². The molecule has 0 spiro atoms. The third-order valence-corrected chi connectivity index (χ3v) is 5.44. The van der Waals surface area contributed by atoms with Crippen molar-refractivity contribution in [3.8, 4) is 5.69 Å². The van der Waals surface area contributed by atoms with Gasteiger partial charge in [0.25, 0.3) is 0 Å². The van der Waals surface area contributed by atoms with Crippen molar-refractivity contribution < 1.29 is 4.79 Å². The topological polar surface area (TPSA) is 54.3 Å². The Hall–Kier alpha value is -2.80. The van der Waals surface area contributed by atoms with E-state index in [2.05, 4.69) is 39.4 Å². The number of nitrogens with zero attached hydrogens (tertiary/aromatic N) is 5. The van der Waals surface area contributed by atoms with E-state index >= 15 is 0 Å². The molecule has 146 valence electrons. The van der Waals surface area contributed by atoms with Crippen LogP contribution in [0.4, 0.5) is 5.69 Å². The first-order valence-electron chi connectivity index (χ1n) is 9.05. The van der Waals surface area contributed by atoms with Gasteiger partial charge in [-0.25, -0.2) is 0 Å². The number of anilines is 1. The highest BCUT2D eigenvalue weighted by Gasteiger charge is 2.14. The van der Waals surface area contributed by atoms with Gasteiger partial charge in [0.05, 0.1) is 11.4 Å². The maximum atomic E-state index is 12.6. The van der Waals surface area contributed by atoms with Crippen molar-refractivity contribution in [1.29, 1.82) is 0 Å². The van der Waals surface area contributed by atoms with Crippen molar-refractivity contribution >= 4 is 23.4 Å². The summed E-state index contributed by atoms with van der Waals surface area (Å²) in [5, 5.41) is 8.91. The first-order chi connectivity index (χ1) is 13.5. The van der Waals surface area contributed by atoms with E-state index in [0.717, 1.165) is 22.5 Å². The summed E-state index contributed by atoms with van der Waals surface area (Å²) in [5.74, 6) is 0.373. The monoisotopic (exact) mass is 395 g/mol. The molecular formula is C21H25N5OS. The maximum absolute atomic E-state index is 12.6. The van der Waals surface area contributed by atoms with E-state index in [1.54, 1.807) is 11.2 Å². The van der Waals surface area contributed by atoms with E-state index in [0.29, 0.717) is 17.5 Å². The molecule has 2 aromatic carbocycles. The number of aryl methyl sites for hydroxylation is 1. The van der Waals surface area contributed by atoms with Crippen LogP contribution in [0.25, 0.3) is 5.69 Å². The van der Waals surface area contributed by atoms with Crippen molar-refractivity contribution in [2.45, 2.75) is 18.6 Å². The number of carbonyl (C=O) groups is 1. The highest BCUT2D eigenvalue weighted by atomic mass is 32.2. The molecule has 0 atom stereocenters. The number of hydrogen-bond donors (Lipinski definition) is 0. The van der Waals surface area contributed by atoms with Gasteiger partial charge >= 0.3 is 0 Å². The Bertz CT molecular complexity index is 936. The van der Waals surface area contributed by atoms with Crippen LogP contribution >= 0.6 is 11.8 Å². The van der Waals surface area contributed by atoms with E-state index in [9.17, 15) is 4.79 Å². The molecule has 0 N–H and O–H groups in total. The molecular weight excluding hydrogens is 370 g/mol. The SMILES string of the molecule is Cc1ccccc1-n1cnnc1SCC(=O)N(C)Cc1ccc(N(C)C)cc1. The highest BCUT2D eigenvalue weighted by molar-refractivity contribution is 7.99. The first kappa shape index (κ1) is 19.9. The van der Waals surface area contributed by atoms with Crippen LogP contribution < -0.4 is 4.90 Å². The summed E-state index contributed by atoms with van der Waals surface area (Å²) in [5.41, 5.74) is 4.41. The lowest BCUT2D eigenvalue weighted by molar-refractivity contribution is -0.127. The number of para-hydroxylation sites is 1. The van der Waals surface area contributed by atoms with Gasteiger partial charge in [0, 0.05) is 33.4 Å². The van der Waals surface area contributed by atoms with Crippen molar-refractivity contribution in [2.24, 2.45) is 0 Å². The minimum atomic E-state index is 0.0565. The molecule has 0 unspecified atom stereocenters. The van der Waals surface area contributed by atoms with Gasteiger partial charge in [-0.15, -0.1) is 10.2 Å². The molecule has 1 heterocycles. The molecule has 0 saturated heterocycles. The van der Waals surface area contributed by atoms with E-state index in [1.807, 2.05) is 56.9 Å². The Morgan fingerprint density at radius 3 is 2.46 bits per heavy atom. The van der Waals surface area contributed by atoms with Gasteiger partial charge in [-0.3, -0.25) is 9.36 Å².